The van der Waals surface area contributed by atoms with Crippen LogP contribution < -0.4 is 5.32 Å². The molecule has 1 fully saturated rings. The maximum atomic E-state index is 13.1. The number of hydrogen-bond donors (Lipinski definition) is 2. The third-order valence-corrected chi connectivity index (χ3v) is 3.42. The van der Waals surface area contributed by atoms with Gasteiger partial charge in [0.2, 0.25) is 5.91 Å². The molecule has 20 heavy (non-hydrogen) atoms. The molecular formula is C13H14ClFN2O3. The maximum Gasteiger partial charge on any atom is 0.254 e. The average molecular weight is 301 g/mol. The van der Waals surface area contributed by atoms with Gasteiger partial charge in [0.1, 0.15) is 5.82 Å². The van der Waals surface area contributed by atoms with Crippen molar-refractivity contribution >= 4 is 23.4 Å². The highest BCUT2D eigenvalue weighted by molar-refractivity contribution is 6.31. The van der Waals surface area contributed by atoms with Gasteiger partial charge < -0.3 is 15.3 Å². The molecule has 0 saturated carbocycles. The molecule has 0 radical (unpaired) electrons. The van der Waals surface area contributed by atoms with E-state index in [1.807, 2.05) is 0 Å². The number of β-amino-alcohol motifs (C(OH)–C–C–N with tert-alkyl or cyclic N) is 1. The van der Waals surface area contributed by atoms with Gasteiger partial charge in [-0.3, -0.25) is 9.59 Å². The summed E-state index contributed by atoms with van der Waals surface area (Å²) in [5.74, 6) is -1.23. The van der Waals surface area contributed by atoms with E-state index < -0.39 is 18.0 Å². The lowest BCUT2D eigenvalue weighted by molar-refractivity contribution is -0.120. The van der Waals surface area contributed by atoms with Gasteiger partial charge in [0.25, 0.3) is 5.91 Å². The number of carbonyl (C=O) groups is 2. The molecule has 1 aliphatic rings. The van der Waals surface area contributed by atoms with E-state index in [4.69, 9.17) is 11.6 Å². The summed E-state index contributed by atoms with van der Waals surface area (Å²) < 4.78 is 13.1. The van der Waals surface area contributed by atoms with Crippen molar-refractivity contribution in [2.75, 3.05) is 13.1 Å². The van der Waals surface area contributed by atoms with Crippen molar-refractivity contribution in [2.24, 2.45) is 0 Å². The Bertz CT molecular complexity index is 552. The Morgan fingerprint density at radius 3 is 2.75 bits per heavy atom. The molecular weight excluding hydrogens is 287 g/mol. The second kappa shape index (κ2) is 5.76. The second-order valence-corrected chi connectivity index (χ2v) is 5.12. The van der Waals surface area contributed by atoms with Gasteiger partial charge in [0, 0.05) is 25.6 Å². The van der Waals surface area contributed by atoms with Crippen LogP contribution in [0.5, 0.6) is 0 Å². The van der Waals surface area contributed by atoms with Crippen LogP contribution in [0.1, 0.15) is 17.3 Å². The topological polar surface area (TPSA) is 69.6 Å². The predicted octanol–water partition coefficient (Wildman–Crippen LogP) is 0.800. The minimum Gasteiger partial charge on any atom is -0.389 e. The third kappa shape index (κ3) is 3.08. The van der Waals surface area contributed by atoms with Gasteiger partial charge in [-0.15, -0.1) is 0 Å². The van der Waals surface area contributed by atoms with E-state index in [-0.39, 0.29) is 35.5 Å². The number of aliphatic hydroxyl groups is 1. The second-order valence-electron chi connectivity index (χ2n) is 4.71. The first-order valence-electron chi connectivity index (χ1n) is 6.08. The molecule has 108 valence electrons. The zero-order chi connectivity index (χ0) is 14.9. The molecule has 2 N–H and O–H groups in total. The van der Waals surface area contributed by atoms with E-state index in [0.29, 0.717) is 0 Å². The number of amides is 2. The molecule has 2 rings (SSSR count). The number of carbonyl (C=O) groups excluding carboxylic acids is 2. The van der Waals surface area contributed by atoms with Crippen LogP contribution in [0.15, 0.2) is 18.2 Å². The number of nitrogens with zero attached hydrogens (tertiary/aromatic N) is 1. The first-order chi connectivity index (χ1) is 9.38. The van der Waals surface area contributed by atoms with Crippen LogP contribution in [0.3, 0.4) is 0 Å². The lowest BCUT2D eigenvalue weighted by Gasteiger charge is -2.16. The van der Waals surface area contributed by atoms with Crippen LogP contribution in [0.2, 0.25) is 5.02 Å². The van der Waals surface area contributed by atoms with Gasteiger partial charge >= 0.3 is 0 Å². The molecule has 2 amide bonds. The van der Waals surface area contributed by atoms with Crippen molar-refractivity contribution in [3.05, 3.63) is 34.6 Å². The number of hydrogen-bond acceptors (Lipinski definition) is 3. The fourth-order valence-electron chi connectivity index (χ4n) is 2.17. The molecule has 5 nitrogen and oxygen atoms in total. The van der Waals surface area contributed by atoms with Crippen molar-refractivity contribution in [2.45, 2.75) is 19.1 Å². The number of rotatable bonds is 2. The van der Waals surface area contributed by atoms with Gasteiger partial charge in [-0.25, -0.2) is 4.39 Å². The molecule has 1 aromatic carbocycles. The van der Waals surface area contributed by atoms with Crippen LogP contribution in [0, 0.1) is 5.82 Å². The monoisotopic (exact) mass is 300 g/mol. The van der Waals surface area contributed by atoms with E-state index in [1.165, 1.54) is 24.0 Å². The standard InChI is InChI=1S/C13H14ClFN2O3/c1-7(18)16-11-5-17(6-12(11)19)13(20)8-2-3-10(15)9(14)4-8/h2-4,11-12,19H,5-6H2,1H3,(H,16,18)/t11-,12-/m1/s1. The van der Waals surface area contributed by atoms with Gasteiger partial charge in [-0.05, 0) is 18.2 Å². The van der Waals surface area contributed by atoms with Crippen molar-refractivity contribution in [3.63, 3.8) is 0 Å². The molecule has 1 heterocycles. The minimum absolute atomic E-state index is 0.110. The van der Waals surface area contributed by atoms with E-state index in [0.717, 1.165) is 6.07 Å². The summed E-state index contributed by atoms with van der Waals surface area (Å²) in [5, 5.41) is 12.3. The van der Waals surface area contributed by atoms with Gasteiger partial charge in [-0.2, -0.15) is 0 Å². The molecule has 0 unspecified atom stereocenters. The van der Waals surface area contributed by atoms with Crippen LogP contribution in [0.4, 0.5) is 4.39 Å². The quantitative estimate of drug-likeness (QED) is 0.849. The minimum atomic E-state index is -0.821. The van der Waals surface area contributed by atoms with Crippen molar-refractivity contribution in [3.8, 4) is 0 Å². The summed E-state index contributed by atoms with van der Waals surface area (Å²) in [5.41, 5.74) is 0.243. The Hall–Kier alpha value is -1.66. The zero-order valence-corrected chi connectivity index (χ0v) is 11.5. The Kier molecular flexibility index (Phi) is 4.25. The summed E-state index contributed by atoms with van der Waals surface area (Å²) in [6.45, 7) is 1.66. The van der Waals surface area contributed by atoms with E-state index in [2.05, 4.69) is 5.32 Å². The van der Waals surface area contributed by atoms with Gasteiger partial charge in [0.05, 0.1) is 17.2 Å². The molecule has 0 aromatic heterocycles. The summed E-state index contributed by atoms with van der Waals surface area (Å²) >= 11 is 5.64. The van der Waals surface area contributed by atoms with E-state index in [9.17, 15) is 19.1 Å². The lowest BCUT2D eigenvalue weighted by atomic mass is 10.2. The number of likely N-dealkylation sites (tertiary alicyclic amines) is 1. The molecule has 0 aliphatic carbocycles. The average Bonchev–Trinajstić information content (AvgIpc) is 2.73. The highest BCUT2D eigenvalue weighted by Crippen LogP contribution is 2.19. The Balaban J connectivity index is 2.10. The fraction of sp³-hybridized carbons (Fsp3) is 0.385. The number of nitrogens with one attached hydrogen (secondary N) is 1. The predicted molar refractivity (Wildman–Crippen MR) is 70.9 cm³/mol. The highest BCUT2D eigenvalue weighted by atomic mass is 35.5. The van der Waals surface area contributed by atoms with Crippen molar-refractivity contribution < 1.29 is 19.1 Å². The molecule has 1 aromatic rings. The van der Waals surface area contributed by atoms with Crippen molar-refractivity contribution in [1.29, 1.82) is 0 Å². The van der Waals surface area contributed by atoms with Crippen LogP contribution in [-0.4, -0.2) is 47.1 Å². The third-order valence-electron chi connectivity index (χ3n) is 3.13. The maximum absolute atomic E-state index is 13.1. The molecule has 1 aliphatic heterocycles. The SMILES string of the molecule is CC(=O)N[C@@H]1CN(C(=O)c2ccc(F)c(Cl)c2)C[C@H]1O. The van der Waals surface area contributed by atoms with E-state index >= 15 is 0 Å². The van der Waals surface area contributed by atoms with Crippen LogP contribution >= 0.6 is 11.6 Å². The highest BCUT2D eigenvalue weighted by Gasteiger charge is 2.34. The Morgan fingerprint density at radius 1 is 1.45 bits per heavy atom. The summed E-state index contributed by atoms with van der Waals surface area (Å²) in [6, 6.07) is 3.21. The normalized spacial score (nSPS) is 21.9. The number of halogens is 2. The molecule has 0 bridgehead atoms. The fourth-order valence-corrected chi connectivity index (χ4v) is 2.35. The van der Waals surface area contributed by atoms with Crippen molar-refractivity contribution in [1.82, 2.24) is 10.2 Å². The van der Waals surface area contributed by atoms with Crippen LogP contribution in [0.25, 0.3) is 0 Å². The summed E-state index contributed by atoms with van der Waals surface area (Å²) in [6.07, 6.45) is -0.821. The molecule has 2 atom stereocenters. The summed E-state index contributed by atoms with van der Waals surface area (Å²) in [4.78, 5) is 24.6. The van der Waals surface area contributed by atoms with Gasteiger partial charge in [-0.1, -0.05) is 11.6 Å². The number of aliphatic hydroxyl groups excluding tert-OH is 1. The number of benzene rings is 1. The molecule has 0 spiro atoms. The lowest BCUT2D eigenvalue weighted by Crippen LogP contribution is -2.41. The zero-order valence-electron chi connectivity index (χ0n) is 10.8. The first kappa shape index (κ1) is 14.7. The Morgan fingerprint density at radius 2 is 2.15 bits per heavy atom. The van der Waals surface area contributed by atoms with Crippen LogP contribution in [-0.2, 0) is 4.79 Å². The summed E-state index contributed by atoms with van der Waals surface area (Å²) in [7, 11) is 0. The largest absolute Gasteiger partial charge is 0.389 e. The van der Waals surface area contributed by atoms with Gasteiger partial charge in [0.15, 0.2) is 0 Å². The van der Waals surface area contributed by atoms with E-state index in [1.54, 1.807) is 0 Å². The smallest absolute Gasteiger partial charge is 0.254 e. The first-order valence-corrected chi connectivity index (χ1v) is 6.45. The molecule has 7 heteroatoms. The molecule has 1 saturated heterocycles. The Labute approximate surface area is 120 Å².